The zero-order valence-electron chi connectivity index (χ0n) is 19.3. The number of nitrogens with zero attached hydrogens (tertiary/aromatic N) is 4. The molecule has 0 atom stereocenters. The molecule has 2 heterocycles. The lowest BCUT2D eigenvalue weighted by Gasteiger charge is -2.14. The molecule has 0 aliphatic heterocycles. The summed E-state index contributed by atoms with van der Waals surface area (Å²) in [7, 11) is 0. The molecule has 0 bridgehead atoms. The van der Waals surface area contributed by atoms with Crippen molar-refractivity contribution in [3.63, 3.8) is 0 Å². The molecule has 6 rings (SSSR count). The average molecular weight is 471 g/mol. The Hall–Kier alpha value is -4.84. The van der Waals surface area contributed by atoms with Crippen molar-refractivity contribution in [3.8, 4) is 11.8 Å². The Kier molecular flexibility index (Phi) is 5.90. The zero-order chi connectivity index (χ0) is 24.2. The van der Waals surface area contributed by atoms with E-state index in [1.54, 1.807) is 0 Å². The lowest BCUT2D eigenvalue weighted by Crippen LogP contribution is -2.03. The van der Waals surface area contributed by atoms with Gasteiger partial charge in [-0.3, -0.25) is 0 Å². The van der Waals surface area contributed by atoms with Crippen molar-refractivity contribution in [1.29, 1.82) is 0 Å². The van der Waals surface area contributed by atoms with Gasteiger partial charge < -0.3 is 8.83 Å². The Morgan fingerprint density at radius 1 is 0.361 bits per heavy atom. The van der Waals surface area contributed by atoms with E-state index in [2.05, 4.69) is 68.9 Å². The van der Waals surface area contributed by atoms with Gasteiger partial charge >= 0.3 is 11.8 Å². The predicted molar refractivity (Wildman–Crippen MR) is 135 cm³/mol. The van der Waals surface area contributed by atoms with E-state index in [4.69, 9.17) is 8.83 Å². The molecule has 174 valence electrons. The number of benzene rings is 4. The van der Waals surface area contributed by atoms with Crippen LogP contribution in [0.4, 0.5) is 0 Å². The van der Waals surface area contributed by atoms with Crippen molar-refractivity contribution < 1.29 is 8.83 Å². The molecule has 0 spiro atoms. The molecular formula is C30H22N4O2. The molecule has 4 aromatic carbocycles. The fraction of sp³-hybridized carbons (Fsp3) is 0.0667. The molecule has 0 fully saturated rings. The molecule has 36 heavy (non-hydrogen) atoms. The first-order valence-electron chi connectivity index (χ1n) is 11.7. The molecular weight excluding hydrogens is 448 g/mol. The van der Waals surface area contributed by atoms with Gasteiger partial charge in [0.05, 0.1) is 11.8 Å². The monoisotopic (exact) mass is 470 g/mol. The highest BCUT2D eigenvalue weighted by Gasteiger charge is 2.27. The minimum absolute atomic E-state index is 0.195. The van der Waals surface area contributed by atoms with Gasteiger partial charge in [-0.1, -0.05) is 121 Å². The summed E-state index contributed by atoms with van der Waals surface area (Å²) in [6.07, 6.45) is 0. The normalized spacial score (nSPS) is 11.3. The van der Waals surface area contributed by atoms with Gasteiger partial charge in [0.1, 0.15) is 0 Å². The molecule has 0 radical (unpaired) electrons. The first kappa shape index (κ1) is 21.7. The Labute approximate surface area is 208 Å². The SMILES string of the molecule is c1ccc(C(c2ccccc2)c2nnc(-c3nnc(C(c4ccccc4)c4ccccc4)o3)o2)cc1. The maximum absolute atomic E-state index is 6.13. The number of hydrogen-bond donors (Lipinski definition) is 0. The molecule has 0 saturated heterocycles. The van der Waals surface area contributed by atoms with Gasteiger partial charge in [-0.15, -0.1) is 20.4 Å². The van der Waals surface area contributed by atoms with E-state index in [9.17, 15) is 0 Å². The predicted octanol–water partition coefficient (Wildman–Crippen LogP) is 6.48. The summed E-state index contributed by atoms with van der Waals surface area (Å²) < 4.78 is 12.3. The molecule has 0 saturated carbocycles. The third kappa shape index (κ3) is 4.32. The van der Waals surface area contributed by atoms with Crippen LogP contribution in [0.3, 0.4) is 0 Å². The fourth-order valence-electron chi connectivity index (χ4n) is 4.41. The van der Waals surface area contributed by atoms with Crippen molar-refractivity contribution in [2.45, 2.75) is 11.8 Å². The quantitative estimate of drug-likeness (QED) is 0.266. The smallest absolute Gasteiger partial charge is 0.305 e. The summed E-state index contributed by atoms with van der Waals surface area (Å²) >= 11 is 0. The highest BCUT2D eigenvalue weighted by Crippen LogP contribution is 2.34. The number of aromatic nitrogens is 4. The molecule has 6 aromatic rings. The van der Waals surface area contributed by atoms with E-state index < -0.39 is 0 Å². The first-order valence-corrected chi connectivity index (χ1v) is 11.7. The van der Waals surface area contributed by atoms with E-state index in [0.717, 1.165) is 22.3 Å². The Balaban J connectivity index is 1.37. The zero-order valence-corrected chi connectivity index (χ0v) is 19.3. The van der Waals surface area contributed by atoms with Crippen LogP contribution < -0.4 is 0 Å². The minimum atomic E-state index is -0.211. The Bertz CT molecular complexity index is 1330. The van der Waals surface area contributed by atoms with Crippen LogP contribution in [0.15, 0.2) is 130 Å². The molecule has 6 nitrogen and oxygen atoms in total. The van der Waals surface area contributed by atoms with Crippen LogP contribution in [0.25, 0.3) is 11.8 Å². The average Bonchev–Trinajstić information content (AvgIpc) is 3.62. The highest BCUT2D eigenvalue weighted by atomic mass is 16.4. The summed E-state index contributed by atoms with van der Waals surface area (Å²) in [5, 5.41) is 17.3. The van der Waals surface area contributed by atoms with Gasteiger partial charge in [0, 0.05) is 0 Å². The largest absolute Gasteiger partial charge is 0.416 e. The molecule has 0 amide bonds. The lowest BCUT2D eigenvalue weighted by atomic mass is 9.91. The van der Waals surface area contributed by atoms with E-state index in [1.807, 2.05) is 72.8 Å². The van der Waals surface area contributed by atoms with Gasteiger partial charge in [-0.25, -0.2) is 0 Å². The Morgan fingerprint density at radius 3 is 0.917 bits per heavy atom. The van der Waals surface area contributed by atoms with E-state index in [-0.39, 0.29) is 23.6 Å². The summed E-state index contributed by atoms with van der Waals surface area (Å²) in [4.78, 5) is 0. The van der Waals surface area contributed by atoms with Crippen LogP contribution in [-0.2, 0) is 0 Å². The van der Waals surface area contributed by atoms with E-state index >= 15 is 0 Å². The molecule has 0 aliphatic carbocycles. The lowest BCUT2D eigenvalue weighted by molar-refractivity contribution is 0.452. The number of rotatable bonds is 7. The van der Waals surface area contributed by atoms with E-state index in [1.165, 1.54) is 0 Å². The topological polar surface area (TPSA) is 77.8 Å². The van der Waals surface area contributed by atoms with Crippen LogP contribution in [0, 0.1) is 0 Å². The molecule has 0 aliphatic rings. The fourth-order valence-corrected chi connectivity index (χ4v) is 4.41. The third-order valence-corrected chi connectivity index (χ3v) is 6.09. The van der Waals surface area contributed by atoms with Crippen LogP contribution in [-0.4, -0.2) is 20.4 Å². The van der Waals surface area contributed by atoms with Gasteiger partial charge in [0.25, 0.3) is 0 Å². The van der Waals surface area contributed by atoms with Crippen LogP contribution >= 0.6 is 0 Å². The summed E-state index contributed by atoms with van der Waals surface area (Å²) in [6, 6.07) is 40.4. The van der Waals surface area contributed by atoms with Crippen LogP contribution in [0.1, 0.15) is 45.9 Å². The van der Waals surface area contributed by atoms with Crippen LogP contribution in [0.5, 0.6) is 0 Å². The summed E-state index contributed by atoms with van der Waals surface area (Å²) in [5.74, 6) is 0.894. The van der Waals surface area contributed by atoms with Crippen molar-refractivity contribution in [2.24, 2.45) is 0 Å². The van der Waals surface area contributed by atoms with Gasteiger partial charge in [-0.05, 0) is 22.3 Å². The van der Waals surface area contributed by atoms with Gasteiger partial charge in [0.15, 0.2) is 0 Å². The highest BCUT2D eigenvalue weighted by molar-refractivity contribution is 5.42. The maximum Gasteiger partial charge on any atom is 0.305 e. The maximum atomic E-state index is 6.13. The third-order valence-electron chi connectivity index (χ3n) is 6.09. The second-order valence-corrected chi connectivity index (χ2v) is 8.40. The van der Waals surface area contributed by atoms with Crippen molar-refractivity contribution in [3.05, 3.63) is 155 Å². The summed E-state index contributed by atoms with van der Waals surface area (Å²) in [5.41, 5.74) is 4.22. The van der Waals surface area contributed by atoms with E-state index in [0.29, 0.717) is 11.8 Å². The summed E-state index contributed by atoms with van der Waals surface area (Å²) in [6.45, 7) is 0. The molecule has 0 unspecified atom stereocenters. The van der Waals surface area contributed by atoms with Crippen molar-refractivity contribution in [1.82, 2.24) is 20.4 Å². The minimum Gasteiger partial charge on any atom is -0.416 e. The molecule has 0 N–H and O–H groups in total. The van der Waals surface area contributed by atoms with Crippen molar-refractivity contribution >= 4 is 0 Å². The molecule has 2 aromatic heterocycles. The second-order valence-electron chi connectivity index (χ2n) is 8.40. The first-order chi connectivity index (χ1) is 17.9. The Morgan fingerprint density at radius 2 is 0.639 bits per heavy atom. The standard InChI is InChI=1S/C30H22N4O2/c1-5-13-21(14-6-1)25(22-15-7-2-8-16-22)27-31-33-29(35-27)30-34-32-28(36-30)26(23-17-9-3-10-18-23)24-19-11-4-12-20-24/h1-20,25-26H. The second kappa shape index (κ2) is 9.80. The number of hydrogen-bond acceptors (Lipinski definition) is 6. The van der Waals surface area contributed by atoms with Gasteiger partial charge in [-0.2, -0.15) is 0 Å². The van der Waals surface area contributed by atoms with Crippen molar-refractivity contribution in [2.75, 3.05) is 0 Å². The van der Waals surface area contributed by atoms with Gasteiger partial charge in [0.2, 0.25) is 11.8 Å². The molecule has 6 heteroatoms. The van der Waals surface area contributed by atoms with Crippen LogP contribution in [0.2, 0.25) is 0 Å².